The first-order valence-electron chi connectivity index (χ1n) is 9.77. The Morgan fingerprint density at radius 3 is 2.74 bits per heavy atom. The first-order chi connectivity index (χ1) is 14.8. The lowest BCUT2D eigenvalue weighted by atomic mass is 10.2. The van der Waals surface area contributed by atoms with Crippen molar-refractivity contribution in [2.24, 2.45) is 0 Å². The summed E-state index contributed by atoms with van der Waals surface area (Å²) >= 11 is 1.42. The van der Waals surface area contributed by atoms with Crippen LogP contribution >= 0.6 is 11.8 Å². The lowest BCUT2D eigenvalue weighted by Gasteiger charge is -2.11. The van der Waals surface area contributed by atoms with Crippen LogP contribution in [0.4, 0.5) is 5.69 Å². The molecule has 0 aliphatic heterocycles. The van der Waals surface area contributed by atoms with Crippen LogP contribution in [0, 0.1) is 13.8 Å². The Morgan fingerprint density at radius 1 is 1.23 bits per heavy atom. The van der Waals surface area contributed by atoms with Gasteiger partial charge in [0, 0.05) is 29.2 Å². The summed E-state index contributed by atoms with van der Waals surface area (Å²) in [6, 6.07) is 9.61. The Hall–Kier alpha value is -2.69. The van der Waals surface area contributed by atoms with Crippen molar-refractivity contribution in [3.05, 3.63) is 65.2 Å². The predicted molar refractivity (Wildman–Crippen MR) is 118 cm³/mol. The fourth-order valence-electron chi connectivity index (χ4n) is 2.96. The quantitative estimate of drug-likeness (QED) is 0.495. The number of nitrogens with one attached hydrogen (secondary N) is 2. The highest BCUT2D eigenvalue weighted by atomic mass is 32.2. The second-order valence-electron chi connectivity index (χ2n) is 7.33. The molecule has 4 rings (SSSR count). The molecule has 2 aromatic heterocycles. The minimum absolute atomic E-state index is 0.0101. The monoisotopic (exact) mass is 458 g/mol. The lowest BCUT2D eigenvalue weighted by Crippen LogP contribution is -2.25. The molecule has 3 aromatic rings. The number of carbonyl (C=O) groups is 1. The van der Waals surface area contributed by atoms with Gasteiger partial charge in [-0.15, -0.1) is 11.8 Å². The van der Waals surface area contributed by atoms with Gasteiger partial charge >= 0.3 is 0 Å². The Morgan fingerprint density at radius 2 is 2.03 bits per heavy atom. The van der Waals surface area contributed by atoms with Crippen molar-refractivity contribution in [1.29, 1.82) is 0 Å². The summed E-state index contributed by atoms with van der Waals surface area (Å²) < 4.78 is 32.7. The van der Waals surface area contributed by atoms with Crippen LogP contribution in [0.2, 0.25) is 0 Å². The second-order valence-corrected chi connectivity index (χ2v) is 10.0. The highest BCUT2D eigenvalue weighted by molar-refractivity contribution is 7.98. The maximum absolute atomic E-state index is 12.9. The summed E-state index contributed by atoms with van der Waals surface area (Å²) in [5, 5.41) is 7.30. The van der Waals surface area contributed by atoms with E-state index in [0.717, 1.165) is 29.9 Å². The molecule has 0 spiro atoms. The molecule has 1 saturated carbocycles. The highest BCUT2D eigenvalue weighted by Gasteiger charge is 2.28. The van der Waals surface area contributed by atoms with Gasteiger partial charge in [0.1, 0.15) is 10.8 Å². The molecule has 1 amide bonds. The zero-order valence-electron chi connectivity index (χ0n) is 17.1. The molecule has 0 saturated heterocycles. The van der Waals surface area contributed by atoms with Crippen LogP contribution in [-0.2, 0) is 15.8 Å². The van der Waals surface area contributed by atoms with E-state index in [1.807, 2.05) is 13.8 Å². The number of benzene rings is 1. The van der Waals surface area contributed by atoms with Crippen LogP contribution in [0.5, 0.6) is 0 Å². The van der Waals surface area contributed by atoms with Gasteiger partial charge in [-0.3, -0.25) is 4.79 Å². The van der Waals surface area contributed by atoms with Crippen LogP contribution in [0.1, 0.15) is 40.2 Å². The van der Waals surface area contributed by atoms with E-state index < -0.39 is 10.0 Å². The van der Waals surface area contributed by atoms with Crippen molar-refractivity contribution < 1.29 is 17.7 Å². The third-order valence-corrected chi connectivity index (χ3v) is 7.40. The highest BCUT2D eigenvalue weighted by Crippen LogP contribution is 2.28. The van der Waals surface area contributed by atoms with Crippen molar-refractivity contribution in [2.75, 3.05) is 5.32 Å². The van der Waals surface area contributed by atoms with Gasteiger partial charge in [-0.05, 0) is 57.0 Å². The fraction of sp³-hybridized carbons (Fsp3) is 0.286. The molecule has 162 valence electrons. The van der Waals surface area contributed by atoms with E-state index in [1.54, 1.807) is 30.5 Å². The van der Waals surface area contributed by atoms with Crippen molar-refractivity contribution in [3.63, 3.8) is 0 Å². The molecule has 2 heterocycles. The van der Waals surface area contributed by atoms with E-state index in [9.17, 15) is 13.2 Å². The summed E-state index contributed by atoms with van der Waals surface area (Å²) in [5.74, 6) is 0.947. The lowest BCUT2D eigenvalue weighted by molar-refractivity contribution is 0.102. The van der Waals surface area contributed by atoms with Gasteiger partial charge < -0.3 is 9.84 Å². The van der Waals surface area contributed by atoms with Gasteiger partial charge in [-0.1, -0.05) is 11.2 Å². The van der Waals surface area contributed by atoms with E-state index in [4.69, 9.17) is 4.52 Å². The third kappa shape index (κ3) is 5.15. The number of nitrogens with zero attached hydrogens (tertiary/aromatic N) is 2. The van der Waals surface area contributed by atoms with Crippen molar-refractivity contribution in [2.45, 2.75) is 48.4 Å². The van der Waals surface area contributed by atoms with Crippen LogP contribution in [-0.4, -0.2) is 30.5 Å². The number of hydrogen-bond donors (Lipinski definition) is 2. The molecule has 1 aromatic carbocycles. The number of sulfonamides is 1. The molecule has 31 heavy (non-hydrogen) atoms. The molecule has 0 unspecified atom stereocenters. The maximum atomic E-state index is 12.9. The number of carbonyl (C=O) groups excluding carboxylic acids is 1. The number of amides is 1. The molecule has 0 bridgehead atoms. The van der Waals surface area contributed by atoms with Gasteiger partial charge in [0.25, 0.3) is 5.91 Å². The molecule has 10 heteroatoms. The van der Waals surface area contributed by atoms with Gasteiger partial charge in [-0.25, -0.2) is 18.1 Å². The van der Waals surface area contributed by atoms with Gasteiger partial charge in [0.15, 0.2) is 0 Å². The molecule has 1 fully saturated rings. The Balaban J connectivity index is 1.50. The molecule has 8 nitrogen and oxygen atoms in total. The van der Waals surface area contributed by atoms with E-state index in [2.05, 4.69) is 20.2 Å². The van der Waals surface area contributed by atoms with E-state index in [-0.39, 0.29) is 16.8 Å². The average molecular weight is 459 g/mol. The zero-order chi connectivity index (χ0) is 22.0. The van der Waals surface area contributed by atoms with Crippen molar-refractivity contribution >= 4 is 33.4 Å². The molecule has 2 N–H and O–H groups in total. The van der Waals surface area contributed by atoms with Crippen LogP contribution in [0.25, 0.3) is 0 Å². The predicted octanol–water partition coefficient (Wildman–Crippen LogP) is 3.67. The van der Waals surface area contributed by atoms with Gasteiger partial charge in [0.2, 0.25) is 10.0 Å². The SMILES string of the molecule is Cc1noc(C)c1CSc1ncccc1C(=O)Nc1cccc(S(=O)(=O)NC2CC2)c1. The standard InChI is InChI=1S/C21H22N4O4S2/c1-13-19(14(2)29-24-13)12-30-21-18(7-4-10-22-21)20(26)23-16-5-3-6-17(11-16)31(27,28)25-15-8-9-15/h3-7,10-11,15,25H,8-9,12H2,1-2H3,(H,23,26). The zero-order valence-corrected chi connectivity index (χ0v) is 18.7. The minimum Gasteiger partial charge on any atom is -0.361 e. The number of hydrogen-bond acceptors (Lipinski definition) is 7. The normalized spacial score (nSPS) is 13.9. The molecular weight excluding hydrogens is 436 g/mol. The summed E-state index contributed by atoms with van der Waals surface area (Å²) in [6.07, 6.45) is 3.33. The van der Waals surface area contributed by atoms with E-state index in [1.165, 1.54) is 23.9 Å². The topological polar surface area (TPSA) is 114 Å². The summed E-state index contributed by atoms with van der Waals surface area (Å²) in [7, 11) is -3.60. The minimum atomic E-state index is -3.60. The van der Waals surface area contributed by atoms with E-state index >= 15 is 0 Å². The number of thioether (sulfide) groups is 1. The number of pyridine rings is 1. The van der Waals surface area contributed by atoms with Gasteiger partial charge in [-0.2, -0.15) is 0 Å². The number of rotatable bonds is 8. The number of aromatic nitrogens is 2. The average Bonchev–Trinajstić information content (AvgIpc) is 3.50. The first kappa shape index (κ1) is 21.5. The van der Waals surface area contributed by atoms with Crippen LogP contribution < -0.4 is 10.0 Å². The first-order valence-corrected chi connectivity index (χ1v) is 12.2. The van der Waals surface area contributed by atoms with E-state index in [0.29, 0.717) is 22.0 Å². The molecule has 0 atom stereocenters. The van der Waals surface area contributed by atoms with Crippen molar-refractivity contribution in [1.82, 2.24) is 14.9 Å². The fourth-order valence-corrected chi connectivity index (χ4v) is 5.45. The summed E-state index contributed by atoms with van der Waals surface area (Å²) in [5.41, 5.74) is 2.59. The summed E-state index contributed by atoms with van der Waals surface area (Å²) in [6.45, 7) is 3.72. The van der Waals surface area contributed by atoms with Crippen LogP contribution in [0.3, 0.4) is 0 Å². The second kappa shape index (κ2) is 8.81. The number of anilines is 1. The van der Waals surface area contributed by atoms with Gasteiger partial charge in [0.05, 0.1) is 16.2 Å². The molecule has 1 aliphatic rings. The molecular formula is C21H22N4O4S2. The maximum Gasteiger partial charge on any atom is 0.258 e. The third-order valence-electron chi connectivity index (χ3n) is 4.85. The smallest absolute Gasteiger partial charge is 0.258 e. The Labute approximate surface area is 184 Å². The van der Waals surface area contributed by atoms with Crippen molar-refractivity contribution in [3.8, 4) is 0 Å². The van der Waals surface area contributed by atoms with Crippen LogP contribution in [0.15, 0.2) is 57.0 Å². The number of aryl methyl sites for hydroxylation is 2. The Bertz CT molecular complexity index is 1200. The Kier molecular flexibility index (Phi) is 6.12. The largest absolute Gasteiger partial charge is 0.361 e. The molecule has 1 aliphatic carbocycles. The molecule has 0 radical (unpaired) electrons. The summed E-state index contributed by atoms with van der Waals surface area (Å²) in [4.78, 5) is 17.4.